The number of aryl methyl sites for hydroxylation is 1. The van der Waals surface area contributed by atoms with Crippen LogP contribution in [0.3, 0.4) is 0 Å². The zero-order chi connectivity index (χ0) is 20.6. The Morgan fingerprint density at radius 3 is 2.79 bits per heavy atom. The van der Waals surface area contributed by atoms with Crippen molar-refractivity contribution in [2.45, 2.75) is 52.6 Å². The van der Waals surface area contributed by atoms with Gasteiger partial charge in [-0.3, -0.25) is 9.36 Å². The van der Waals surface area contributed by atoms with Gasteiger partial charge in [-0.05, 0) is 38.1 Å². The maximum Gasteiger partial charge on any atom is 0.346 e. The number of nitrogens with one attached hydrogen (secondary N) is 1. The minimum atomic E-state index is -0.292. The third kappa shape index (κ3) is 5.47. The van der Waals surface area contributed by atoms with E-state index in [1.165, 1.54) is 4.68 Å². The van der Waals surface area contributed by atoms with Crippen LogP contribution >= 0.6 is 0 Å². The molecular weight excluding hydrogens is 370 g/mol. The summed E-state index contributed by atoms with van der Waals surface area (Å²) in [6.07, 6.45) is 3.89. The van der Waals surface area contributed by atoms with E-state index in [2.05, 4.69) is 29.2 Å². The largest absolute Gasteiger partial charge is 0.490 e. The molecule has 0 saturated carbocycles. The Hall–Kier alpha value is -2.61. The molecular formula is C21H31N5O3. The lowest BCUT2D eigenvalue weighted by atomic mass is 10.2. The highest BCUT2D eigenvalue weighted by Crippen LogP contribution is 2.23. The molecule has 1 aliphatic heterocycles. The summed E-state index contributed by atoms with van der Waals surface area (Å²) in [5.74, 6) is 1.11. The lowest BCUT2D eigenvalue weighted by molar-refractivity contribution is -0.117. The maximum absolute atomic E-state index is 12.6. The SMILES string of the molecule is CCN(CC)CCOc1ccccc1NC(=O)Cn1nc2n(c1=O)CCCCC2. The standard InChI is InChI=1S/C21H31N5O3/c1-3-24(4-2)14-15-29-18-11-8-7-10-17(18)22-20(27)16-26-21(28)25-13-9-5-6-12-19(25)23-26/h7-8,10-11H,3-6,9,12-16H2,1-2H3,(H,22,27). The van der Waals surface area contributed by atoms with Crippen LogP contribution in [0.5, 0.6) is 5.75 Å². The number of carbonyl (C=O) groups excluding carboxylic acids is 1. The van der Waals surface area contributed by atoms with Crippen molar-refractivity contribution in [1.82, 2.24) is 19.2 Å². The highest BCUT2D eigenvalue weighted by Gasteiger charge is 2.18. The molecule has 8 nitrogen and oxygen atoms in total. The fourth-order valence-corrected chi connectivity index (χ4v) is 3.57. The first kappa shape index (κ1) is 21.1. The van der Waals surface area contributed by atoms with Crippen molar-refractivity contribution in [2.75, 3.05) is 31.6 Å². The molecule has 0 saturated heterocycles. The predicted octanol–water partition coefficient (Wildman–Crippen LogP) is 2.13. The van der Waals surface area contributed by atoms with E-state index in [-0.39, 0.29) is 18.1 Å². The highest BCUT2D eigenvalue weighted by molar-refractivity contribution is 5.92. The molecule has 1 aromatic heterocycles. The van der Waals surface area contributed by atoms with Crippen LogP contribution in [0.2, 0.25) is 0 Å². The average molecular weight is 402 g/mol. The molecule has 1 amide bonds. The smallest absolute Gasteiger partial charge is 0.346 e. The Bertz CT molecular complexity index is 869. The quantitative estimate of drug-likeness (QED) is 0.696. The van der Waals surface area contributed by atoms with Crippen LogP contribution in [-0.2, 0) is 24.3 Å². The lowest BCUT2D eigenvalue weighted by Gasteiger charge is -2.19. The number of para-hydroxylation sites is 2. The van der Waals surface area contributed by atoms with Crippen LogP contribution < -0.4 is 15.7 Å². The molecule has 2 aromatic rings. The Labute approximate surface area is 171 Å². The van der Waals surface area contributed by atoms with Gasteiger partial charge in [0.15, 0.2) is 0 Å². The Kier molecular flexibility index (Phi) is 7.46. The van der Waals surface area contributed by atoms with Crippen molar-refractivity contribution >= 4 is 11.6 Å². The van der Waals surface area contributed by atoms with Gasteiger partial charge in [0.1, 0.15) is 24.7 Å². The van der Waals surface area contributed by atoms with Gasteiger partial charge in [0.2, 0.25) is 5.91 Å². The summed E-state index contributed by atoms with van der Waals surface area (Å²) >= 11 is 0. The second-order valence-corrected chi connectivity index (χ2v) is 7.24. The molecule has 0 unspecified atom stereocenters. The summed E-state index contributed by atoms with van der Waals surface area (Å²) in [5.41, 5.74) is 0.395. The fraction of sp³-hybridized carbons (Fsp3) is 0.571. The van der Waals surface area contributed by atoms with Gasteiger partial charge in [-0.2, -0.15) is 5.10 Å². The number of rotatable bonds is 9. The molecule has 0 spiro atoms. The number of likely N-dealkylation sites (N-methyl/N-ethyl adjacent to an activating group) is 1. The maximum atomic E-state index is 12.6. The van der Waals surface area contributed by atoms with Gasteiger partial charge >= 0.3 is 5.69 Å². The van der Waals surface area contributed by atoms with Gasteiger partial charge in [-0.1, -0.05) is 32.4 Å². The topological polar surface area (TPSA) is 81.4 Å². The van der Waals surface area contributed by atoms with Gasteiger partial charge in [0.25, 0.3) is 0 Å². The van der Waals surface area contributed by atoms with E-state index in [4.69, 9.17) is 4.74 Å². The lowest BCUT2D eigenvalue weighted by Crippen LogP contribution is -2.30. The van der Waals surface area contributed by atoms with E-state index >= 15 is 0 Å². The fourth-order valence-electron chi connectivity index (χ4n) is 3.57. The molecule has 1 aliphatic rings. The molecule has 1 N–H and O–H groups in total. The zero-order valence-corrected chi connectivity index (χ0v) is 17.4. The van der Waals surface area contributed by atoms with Crippen LogP contribution in [0, 0.1) is 0 Å². The minimum absolute atomic E-state index is 0.105. The number of carbonyl (C=O) groups is 1. The van der Waals surface area contributed by atoms with Crippen LogP contribution in [0.1, 0.15) is 38.9 Å². The van der Waals surface area contributed by atoms with Gasteiger partial charge in [-0.25, -0.2) is 9.48 Å². The number of aromatic nitrogens is 3. The van der Waals surface area contributed by atoms with Crippen LogP contribution in [0.15, 0.2) is 29.1 Å². The number of benzene rings is 1. The van der Waals surface area contributed by atoms with E-state index in [0.717, 1.165) is 51.1 Å². The van der Waals surface area contributed by atoms with E-state index in [0.29, 0.717) is 24.6 Å². The Balaban J connectivity index is 1.62. The summed E-state index contributed by atoms with van der Waals surface area (Å²) in [6, 6.07) is 7.36. The first-order chi connectivity index (χ1) is 14.1. The normalized spacial score (nSPS) is 13.8. The van der Waals surface area contributed by atoms with Crippen molar-refractivity contribution in [3.8, 4) is 5.75 Å². The first-order valence-electron chi connectivity index (χ1n) is 10.5. The number of amides is 1. The molecule has 0 fully saturated rings. The third-order valence-electron chi connectivity index (χ3n) is 5.30. The summed E-state index contributed by atoms with van der Waals surface area (Å²) in [7, 11) is 0. The second-order valence-electron chi connectivity index (χ2n) is 7.24. The van der Waals surface area contributed by atoms with Crippen LogP contribution in [-0.4, -0.2) is 51.4 Å². The number of fused-ring (bicyclic) bond motifs is 1. The van der Waals surface area contributed by atoms with E-state index in [1.54, 1.807) is 10.6 Å². The number of nitrogens with zero attached hydrogens (tertiary/aromatic N) is 4. The molecule has 0 atom stereocenters. The van der Waals surface area contributed by atoms with Crippen molar-refractivity contribution in [3.63, 3.8) is 0 Å². The van der Waals surface area contributed by atoms with Gasteiger partial charge in [0.05, 0.1) is 5.69 Å². The van der Waals surface area contributed by atoms with E-state index in [9.17, 15) is 9.59 Å². The molecule has 8 heteroatoms. The highest BCUT2D eigenvalue weighted by atomic mass is 16.5. The van der Waals surface area contributed by atoms with Gasteiger partial charge < -0.3 is 15.0 Å². The molecule has 0 radical (unpaired) electrons. The van der Waals surface area contributed by atoms with Gasteiger partial charge in [-0.15, -0.1) is 0 Å². The molecule has 3 rings (SSSR count). The van der Waals surface area contributed by atoms with E-state index < -0.39 is 0 Å². The Morgan fingerprint density at radius 1 is 1.21 bits per heavy atom. The van der Waals surface area contributed by atoms with Crippen molar-refractivity contribution in [2.24, 2.45) is 0 Å². The molecule has 1 aromatic carbocycles. The average Bonchev–Trinajstić information content (AvgIpc) is 2.88. The number of ether oxygens (including phenoxy) is 1. The zero-order valence-electron chi connectivity index (χ0n) is 17.4. The second kappa shape index (κ2) is 10.2. The van der Waals surface area contributed by atoms with Gasteiger partial charge in [0, 0.05) is 19.5 Å². The monoisotopic (exact) mass is 401 g/mol. The molecule has 29 heavy (non-hydrogen) atoms. The predicted molar refractivity (Wildman–Crippen MR) is 112 cm³/mol. The van der Waals surface area contributed by atoms with Crippen LogP contribution in [0.25, 0.3) is 0 Å². The number of hydrogen-bond acceptors (Lipinski definition) is 5. The minimum Gasteiger partial charge on any atom is -0.490 e. The number of hydrogen-bond donors (Lipinski definition) is 1. The summed E-state index contributed by atoms with van der Waals surface area (Å²) in [6.45, 7) is 8.13. The van der Waals surface area contributed by atoms with Crippen LogP contribution in [0.4, 0.5) is 5.69 Å². The summed E-state index contributed by atoms with van der Waals surface area (Å²) in [4.78, 5) is 27.4. The molecule has 0 aliphatic carbocycles. The van der Waals surface area contributed by atoms with Crippen molar-refractivity contribution in [1.29, 1.82) is 0 Å². The summed E-state index contributed by atoms with van der Waals surface area (Å²) < 4.78 is 8.84. The van der Waals surface area contributed by atoms with E-state index in [1.807, 2.05) is 18.2 Å². The first-order valence-corrected chi connectivity index (χ1v) is 10.5. The Morgan fingerprint density at radius 2 is 2.00 bits per heavy atom. The van der Waals surface area contributed by atoms with Crippen molar-refractivity contribution < 1.29 is 9.53 Å². The summed E-state index contributed by atoms with van der Waals surface area (Å²) in [5, 5.41) is 7.23. The molecule has 2 heterocycles. The molecule has 158 valence electrons. The third-order valence-corrected chi connectivity index (χ3v) is 5.30. The number of anilines is 1. The van der Waals surface area contributed by atoms with Crippen molar-refractivity contribution in [3.05, 3.63) is 40.6 Å². The molecule has 0 bridgehead atoms.